The molecule has 1 aliphatic carbocycles. The lowest BCUT2D eigenvalue weighted by Crippen LogP contribution is -2.48. The Balaban J connectivity index is 1.29. The summed E-state index contributed by atoms with van der Waals surface area (Å²) in [7, 11) is -1.17. The van der Waals surface area contributed by atoms with Crippen LogP contribution >= 0.6 is 11.6 Å². The van der Waals surface area contributed by atoms with Crippen LogP contribution in [0.4, 0.5) is 17.2 Å². The van der Waals surface area contributed by atoms with Gasteiger partial charge in [0.2, 0.25) is 0 Å². The number of aliphatic hydroxyl groups is 1. The SMILES string of the molecule is N#Cc1c(N2CC3CN(c4ccc(Cl)cc4)CC3C2)nc2c(c1NC1(CO)CCC1)[S@](=O)CC2. The Morgan fingerprint density at radius 3 is 2.44 bits per heavy atom. The zero-order chi connectivity index (χ0) is 23.4. The molecule has 4 heterocycles. The van der Waals surface area contributed by atoms with E-state index in [0.29, 0.717) is 46.0 Å². The molecule has 3 aliphatic heterocycles. The molecule has 2 aromatic rings. The van der Waals surface area contributed by atoms with Crippen LogP contribution < -0.4 is 15.1 Å². The summed E-state index contributed by atoms with van der Waals surface area (Å²) in [4.78, 5) is 10.3. The monoisotopic (exact) mass is 497 g/mol. The summed E-state index contributed by atoms with van der Waals surface area (Å²) in [6, 6.07) is 10.4. The molecular weight excluding hydrogens is 470 g/mol. The predicted octanol–water partition coefficient (Wildman–Crippen LogP) is 3.17. The van der Waals surface area contributed by atoms with Crippen LogP contribution in [0.3, 0.4) is 0 Å². The van der Waals surface area contributed by atoms with E-state index in [0.717, 1.165) is 56.2 Å². The Bertz CT molecular complexity index is 1170. The summed E-state index contributed by atoms with van der Waals surface area (Å²) in [5.41, 5.74) is 2.73. The highest BCUT2D eigenvalue weighted by atomic mass is 35.5. The van der Waals surface area contributed by atoms with Crippen molar-refractivity contribution in [3.05, 3.63) is 40.5 Å². The molecule has 1 aromatic carbocycles. The quantitative estimate of drug-likeness (QED) is 0.655. The normalized spacial score (nSPS) is 26.7. The molecule has 0 spiro atoms. The first-order valence-corrected chi connectivity index (χ1v) is 13.7. The van der Waals surface area contributed by atoms with Crippen molar-refractivity contribution >= 4 is 39.6 Å². The second kappa shape index (κ2) is 8.40. The number of aryl methyl sites for hydroxylation is 1. The van der Waals surface area contributed by atoms with Crippen LogP contribution in [0, 0.1) is 23.2 Å². The summed E-state index contributed by atoms with van der Waals surface area (Å²) < 4.78 is 12.9. The number of hydrogen-bond donors (Lipinski definition) is 2. The summed E-state index contributed by atoms with van der Waals surface area (Å²) in [5, 5.41) is 24.5. The molecule has 7 nitrogen and oxygen atoms in total. The molecule has 0 bridgehead atoms. The zero-order valence-electron chi connectivity index (χ0n) is 19.0. The number of benzene rings is 1. The molecule has 9 heteroatoms. The molecule has 2 N–H and O–H groups in total. The van der Waals surface area contributed by atoms with Gasteiger partial charge >= 0.3 is 0 Å². The first kappa shape index (κ1) is 22.1. The number of nitriles is 1. The smallest absolute Gasteiger partial charge is 0.149 e. The number of fused-ring (bicyclic) bond motifs is 2. The van der Waals surface area contributed by atoms with Gasteiger partial charge in [-0.25, -0.2) is 4.98 Å². The fourth-order valence-electron chi connectivity index (χ4n) is 5.98. The number of pyridine rings is 1. The molecule has 6 rings (SSSR count). The van der Waals surface area contributed by atoms with Crippen LogP contribution in [-0.2, 0) is 17.2 Å². The van der Waals surface area contributed by atoms with E-state index in [1.54, 1.807) is 0 Å². The molecule has 3 fully saturated rings. The molecule has 1 saturated carbocycles. The standard InChI is InChI=1S/C25H28ClN5O2S/c26-18-2-4-19(5-3-18)30-11-16-13-31(14-17(16)12-30)24-20(10-27)22(29-25(15-32)7-1-8-25)23-21(28-24)6-9-34(23)33/h2-5,16-17,32H,1,6-9,11-15H2,(H,28,29)/t16?,17?,34-/m1/s1. The maximum atomic E-state index is 12.9. The van der Waals surface area contributed by atoms with Gasteiger partial charge in [-0.1, -0.05) is 11.6 Å². The van der Waals surface area contributed by atoms with Gasteiger partial charge in [-0.05, 0) is 43.5 Å². The number of anilines is 3. The third kappa shape index (κ3) is 3.57. The van der Waals surface area contributed by atoms with Crippen molar-refractivity contribution < 1.29 is 9.32 Å². The Morgan fingerprint density at radius 1 is 1.18 bits per heavy atom. The maximum absolute atomic E-state index is 12.9. The molecule has 2 saturated heterocycles. The van der Waals surface area contributed by atoms with E-state index in [-0.39, 0.29) is 6.61 Å². The van der Waals surface area contributed by atoms with Gasteiger partial charge in [-0.3, -0.25) is 4.21 Å². The number of aliphatic hydroxyl groups excluding tert-OH is 1. The van der Waals surface area contributed by atoms with E-state index in [2.05, 4.69) is 33.3 Å². The fraction of sp³-hybridized carbons (Fsp3) is 0.520. The van der Waals surface area contributed by atoms with Gasteiger partial charge in [-0.15, -0.1) is 0 Å². The summed E-state index contributed by atoms with van der Waals surface area (Å²) >= 11 is 6.06. The molecule has 0 amide bonds. The summed E-state index contributed by atoms with van der Waals surface area (Å²) in [5.74, 6) is 2.25. The third-order valence-electron chi connectivity index (χ3n) is 8.05. The van der Waals surface area contributed by atoms with Crippen LogP contribution in [0.5, 0.6) is 0 Å². The highest BCUT2D eigenvalue weighted by Gasteiger charge is 2.43. The van der Waals surface area contributed by atoms with Crippen LogP contribution in [-0.4, -0.2) is 58.4 Å². The van der Waals surface area contributed by atoms with E-state index >= 15 is 0 Å². The van der Waals surface area contributed by atoms with Crippen LogP contribution in [0.1, 0.15) is 30.5 Å². The third-order valence-corrected chi connectivity index (χ3v) is 9.77. The molecular formula is C25H28ClN5O2S. The number of rotatable bonds is 5. The van der Waals surface area contributed by atoms with Crippen molar-refractivity contribution in [3.63, 3.8) is 0 Å². The average molecular weight is 498 g/mol. The molecule has 0 radical (unpaired) electrons. The highest BCUT2D eigenvalue weighted by Crippen LogP contribution is 2.44. The zero-order valence-corrected chi connectivity index (χ0v) is 20.5. The minimum absolute atomic E-state index is 0.00529. The molecule has 4 aliphatic rings. The summed E-state index contributed by atoms with van der Waals surface area (Å²) in [6.45, 7) is 3.65. The highest BCUT2D eigenvalue weighted by molar-refractivity contribution is 7.85. The number of halogens is 1. The molecule has 34 heavy (non-hydrogen) atoms. The fourth-order valence-corrected chi connectivity index (χ4v) is 7.48. The van der Waals surface area contributed by atoms with E-state index < -0.39 is 16.3 Å². The average Bonchev–Trinajstić information content (AvgIpc) is 3.49. The number of nitrogens with one attached hydrogen (secondary N) is 1. The number of hydrogen-bond acceptors (Lipinski definition) is 7. The molecule has 3 atom stereocenters. The van der Waals surface area contributed by atoms with E-state index in [9.17, 15) is 14.6 Å². The van der Waals surface area contributed by atoms with Gasteiger partial charge in [-0.2, -0.15) is 5.26 Å². The van der Waals surface area contributed by atoms with Crippen molar-refractivity contribution in [1.82, 2.24) is 4.98 Å². The van der Waals surface area contributed by atoms with Gasteiger partial charge in [0.1, 0.15) is 17.5 Å². The van der Waals surface area contributed by atoms with Crippen molar-refractivity contribution in [1.29, 1.82) is 5.26 Å². The van der Waals surface area contributed by atoms with Crippen molar-refractivity contribution in [2.75, 3.05) is 53.7 Å². The van der Waals surface area contributed by atoms with Crippen LogP contribution in [0.15, 0.2) is 29.2 Å². The lowest BCUT2D eigenvalue weighted by atomic mass is 9.77. The number of aromatic nitrogens is 1. The summed E-state index contributed by atoms with van der Waals surface area (Å²) in [6.07, 6.45) is 3.40. The van der Waals surface area contributed by atoms with Crippen molar-refractivity contribution in [3.8, 4) is 6.07 Å². The largest absolute Gasteiger partial charge is 0.394 e. The topological polar surface area (TPSA) is 92.5 Å². The van der Waals surface area contributed by atoms with Gasteiger partial charge in [0.25, 0.3) is 0 Å². The van der Waals surface area contributed by atoms with Crippen LogP contribution in [0.25, 0.3) is 0 Å². The Morgan fingerprint density at radius 2 is 1.85 bits per heavy atom. The van der Waals surface area contributed by atoms with Gasteiger partial charge in [0.15, 0.2) is 0 Å². The molecule has 1 aromatic heterocycles. The Hall–Kier alpha value is -2.34. The van der Waals surface area contributed by atoms with E-state index in [1.165, 1.54) is 5.69 Å². The second-order valence-electron chi connectivity index (χ2n) is 10.1. The Labute approximate surface area is 207 Å². The van der Waals surface area contributed by atoms with Crippen LogP contribution in [0.2, 0.25) is 5.02 Å². The Kier molecular flexibility index (Phi) is 5.47. The van der Waals surface area contributed by atoms with E-state index in [4.69, 9.17) is 16.6 Å². The minimum atomic E-state index is -1.17. The van der Waals surface area contributed by atoms with E-state index in [1.807, 2.05) is 12.1 Å². The lowest BCUT2D eigenvalue weighted by Gasteiger charge is -2.42. The minimum Gasteiger partial charge on any atom is -0.394 e. The number of nitrogens with zero attached hydrogens (tertiary/aromatic N) is 4. The second-order valence-corrected chi connectivity index (χ2v) is 12.0. The first-order valence-electron chi connectivity index (χ1n) is 12.0. The van der Waals surface area contributed by atoms with Gasteiger partial charge in [0.05, 0.1) is 39.2 Å². The van der Waals surface area contributed by atoms with Gasteiger partial charge < -0.3 is 20.2 Å². The maximum Gasteiger partial charge on any atom is 0.149 e. The molecule has 2 unspecified atom stereocenters. The predicted molar refractivity (Wildman–Crippen MR) is 134 cm³/mol. The van der Waals surface area contributed by atoms with Crippen molar-refractivity contribution in [2.24, 2.45) is 11.8 Å². The lowest BCUT2D eigenvalue weighted by molar-refractivity contribution is 0.144. The van der Waals surface area contributed by atoms with Gasteiger partial charge in [0, 0.05) is 60.9 Å². The molecule has 178 valence electrons. The first-order chi connectivity index (χ1) is 16.5. The van der Waals surface area contributed by atoms with Crippen molar-refractivity contribution in [2.45, 2.75) is 36.1 Å².